The van der Waals surface area contributed by atoms with Crippen LogP contribution in [0.1, 0.15) is 26.3 Å². The summed E-state index contributed by atoms with van der Waals surface area (Å²) in [5.74, 6) is 0.681. The number of thiophene rings is 1. The van der Waals surface area contributed by atoms with Crippen LogP contribution in [0.5, 0.6) is 0 Å². The minimum absolute atomic E-state index is 0.354. The Kier molecular flexibility index (Phi) is 3.94. The second-order valence-electron chi connectivity index (χ2n) is 5.68. The third kappa shape index (κ3) is 2.92. The van der Waals surface area contributed by atoms with Crippen LogP contribution in [0.15, 0.2) is 29.6 Å². The fraction of sp³-hybridized carbons (Fsp3) is 0.467. The summed E-state index contributed by atoms with van der Waals surface area (Å²) in [6, 6.07) is 8.71. The summed E-state index contributed by atoms with van der Waals surface area (Å²) in [5.41, 5.74) is 1.86. The maximum atomic E-state index is 3.66. The van der Waals surface area contributed by atoms with Crippen LogP contribution in [-0.4, -0.2) is 5.33 Å². The predicted octanol–water partition coefficient (Wildman–Crippen LogP) is 5.50. The van der Waals surface area contributed by atoms with E-state index < -0.39 is 0 Å². The van der Waals surface area contributed by atoms with E-state index in [-0.39, 0.29) is 0 Å². The van der Waals surface area contributed by atoms with Crippen molar-refractivity contribution >= 4 is 37.4 Å². The summed E-state index contributed by atoms with van der Waals surface area (Å²) in [5, 5.41) is 4.83. The maximum Gasteiger partial charge on any atom is 0.0345 e. The average molecular weight is 311 g/mol. The average Bonchev–Trinajstić information content (AvgIpc) is 2.67. The number of hydrogen-bond donors (Lipinski definition) is 0. The standard InChI is InChI=1S/C15H19BrS/c1-15(2,3)12(9-16)8-11-10-17-14-7-5-4-6-13(11)14/h4-7,10,12H,8-9H2,1-3H3. The molecule has 1 atom stereocenters. The van der Waals surface area contributed by atoms with Crippen LogP contribution >= 0.6 is 27.3 Å². The van der Waals surface area contributed by atoms with Crippen LogP contribution < -0.4 is 0 Å². The van der Waals surface area contributed by atoms with E-state index in [1.54, 1.807) is 0 Å². The van der Waals surface area contributed by atoms with Crippen LogP contribution in [0.4, 0.5) is 0 Å². The van der Waals surface area contributed by atoms with Gasteiger partial charge < -0.3 is 0 Å². The van der Waals surface area contributed by atoms with Gasteiger partial charge in [0.05, 0.1) is 0 Å². The molecule has 1 unspecified atom stereocenters. The molecule has 0 N–H and O–H groups in total. The minimum atomic E-state index is 0.354. The maximum absolute atomic E-state index is 3.66. The van der Waals surface area contributed by atoms with E-state index in [0.717, 1.165) is 5.33 Å². The highest BCUT2D eigenvalue weighted by atomic mass is 79.9. The second kappa shape index (κ2) is 5.11. The monoisotopic (exact) mass is 310 g/mol. The van der Waals surface area contributed by atoms with Gasteiger partial charge in [-0.3, -0.25) is 0 Å². The van der Waals surface area contributed by atoms with Gasteiger partial charge in [-0.15, -0.1) is 11.3 Å². The summed E-state index contributed by atoms with van der Waals surface area (Å²) >= 11 is 5.53. The van der Waals surface area contributed by atoms with Gasteiger partial charge in [-0.05, 0) is 40.1 Å². The number of halogens is 1. The largest absolute Gasteiger partial charge is 0.144 e. The molecule has 0 aliphatic carbocycles. The zero-order valence-corrected chi connectivity index (χ0v) is 13.1. The van der Waals surface area contributed by atoms with Gasteiger partial charge in [-0.25, -0.2) is 0 Å². The molecular formula is C15H19BrS. The molecule has 0 spiro atoms. The van der Waals surface area contributed by atoms with Crippen LogP contribution in [0.2, 0.25) is 0 Å². The molecule has 1 aromatic carbocycles. The molecule has 0 bridgehead atoms. The van der Waals surface area contributed by atoms with Crippen molar-refractivity contribution in [1.29, 1.82) is 0 Å². The Hall–Kier alpha value is -0.340. The summed E-state index contributed by atoms with van der Waals surface area (Å²) in [6.07, 6.45) is 1.17. The van der Waals surface area contributed by atoms with Crippen molar-refractivity contribution in [3.05, 3.63) is 35.2 Å². The van der Waals surface area contributed by atoms with Gasteiger partial charge >= 0.3 is 0 Å². The molecule has 0 radical (unpaired) electrons. The summed E-state index contributed by atoms with van der Waals surface area (Å²) in [6.45, 7) is 6.98. The Morgan fingerprint density at radius 1 is 1.24 bits per heavy atom. The molecule has 2 rings (SSSR count). The molecule has 17 heavy (non-hydrogen) atoms. The Labute approximate surface area is 116 Å². The van der Waals surface area contributed by atoms with Gasteiger partial charge in [-0.2, -0.15) is 0 Å². The van der Waals surface area contributed by atoms with Crippen LogP contribution in [0.25, 0.3) is 10.1 Å². The molecule has 0 aliphatic rings. The van der Waals surface area contributed by atoms with Crippen molar-refractivity contribution in [3.8, 4) is 0 Å². The zero-order valence-electron chi connectivity index (χ0n) is 10.7. The lowest BCUT2D eigenvalue weighted by molar-refractivity contribution is 0.267. The number of fused-ring (bicyclic) bond motifs is 1. The lowest BCUT2D eigenvalue weighted by atomic mass is 9.78. The lowest BCUT2D eigenvalue weighted by Gasteiger charge is -2.29. The SMILES string of the molecule is CC(C)(C)C(CBr)Cc1csc2ccccc12. The third-order valence-corrected chi connectivity index (χ3v) is 5.23. The van der Waals surface area contributed by atoms with Crippen LogP contribution in [-0.2, 0) is 6.42 Å². The fourth-order valence-corrected chi connectivity index (χ4v) is 4.22. The van der Waals surface area contributed by atoms with E-state index in [1.165, 1.54) is 22.1 Å². The minimum Gasteiger partial charge on any atom is -0.144 e. The summed E-state index contributed by atoms with van der Waals surface area (Å²) in [7, 11) is 0. The number of benzene rings is 1. The van der Waals surface area contributed by atoms with Crippen LogP contribution in [0, 0.1) is 11.3 Å². The molecule has 2 aromatic rings. The Bertz CT molecular complexity index is 493. The molecule has 1 heterocycles. The molecule has 0 saturated heterocycles. The molecule has 0 amide bonds. The number of rotatable bonds is 3. The third-order valence-electron chi connectivity index (χ3n) is 3.44. The van der Waals surface area contributed by atoms with Gasteiger partial charge in [0, 0.05) is 10.0 Å². The van der Waals surface area contributed by atoms with Crippen molar-refractivity contribution < 1.29 is 0 Å². The van der Waals surface area contributed by atoms with Gasteiger partial charge in [0.25, 0.3) is 0 Å². The molecule has 0 fully saturated rings. The van der Waals surface area contributed by atoms with Crippen molar-refractivity contribution in [2.75, 3.05) is 5.33 Å². The van der Waals surface area contributed by atoms with Crippen molar-refractivity contribution in [3.63, 3.8) is 0 Å². The summed E-state index contributed by atoms with van der Waals surface area (Å²) in [4.78, 5) is 0. The van der Waals surface area contributed by atoms with E-state index in [0.29, 0.717) is 11.3 Å². The van der Waals surface area contributed by atoms with Crippen molar-refractivity contribution in [2.45, 2.75) is 27.2 Å². The first kappa shape index (κ1) is 13.1. The van der Waals surface area contributed by atoms with Gasteiger partial charge in [0.15, 0.2) is 0 Å². The van der Waals surface area contributed by atoms with E-state index in [1.807, 2.05) is 11.3 Å². The van der Waals surface area contributed by atoms with Gasteiger partial charge in [0.2, 0.25) is 0 Å². The Morgan fingerprint density at radius 2 is 1.94 bits per heavy atom. The molecule has 0 aliphatic heterocycles. The van der Waals surface area contributed by atoms with E-state index >= 15 is 0 Å². The van der Waals surface area contributed by atoms with Crippen molar-refractivity contribution in [2.24, 2.45) is 11.3 Å². The Morgan fingerprint density at radius 3 is 2.59 bits per heavy atom. The molecule has 1 aromatic heterocycles. The van der Waals surface area contributed by atoms with Gasteiger partial charge in [-0.1, -0.05) is 54.9 Å². The predicted molar refractivity (Wildman–Crippen MR) is 82.3 cm³/mol. The van der Waals surface area contributed by atoms with E-state index in [4.69, 9.17) is 0 Å². The molecule has 0 nitrogen and oxygen atoms in total. The first-order chi connectivity index (χ1) is 8.02. The molecule has 92 valence electrons. The zero-order chi connectivity index (χ0) is 12.5. The summed E-state index contributed by atoms with van der Waals surface area (Å²) < 4.78 is 1.41. The highest BCUT2D eigenvalue weighted by Gasteiger charge is 2.24. The normalized spacial score (nSPS) is 14.1. The topological polar surface area (TPSA) is 0 Å². The second-order valence-corrected chi connectivity index (χ2v) is 7.24. The van der Waals surface area contributed by atoms with Gasteiger partial charge in [0.1, 0.15) is 0 Å². The van der Waals surface area contributed by atoms with Crippen LogP contribution in [0.3, 0.4) is 0 Å². The molecule has 2 heteroatoms. The number of alkyl halides is 1. The lowest BCUT2D eigenvalue weighted by Crippen LogP contribution is -2.23. The van der Waals surface area contributed by atoms with E-state index in [2.05, 4.69) is 66.3 Å². The number of hydrogen-bond acceptors (Lipinski definition) is 1. The molecular weight excluding hydrogens is 292 g/mol. The highest BCUT2D eigenvalue weighted by molar-refractivity contribution is 9.09. The fourth-order valence-electron chi connectivity index (χ4n) is 2.05. The molecule has 0 saturated carbocycles. The van der Waals surface area contributed by atoms with Crippen molar-refractivity contribution in [1.82, 2.24) is 0 Å². The quantitative estimate of drug-likeness (QED) is 0.656. The smallest absolute Gasteiger partial charge is 0.0345 e. The first-order valence-electron chi connectivity index (χ1n) is 6.03. The van der Waals surface area contributed by atoms with E-state index in [9.17, 15) is 0 Å². The first-order valence-corrected chi connectivity index (χ1v) is 8.03. The Balaban J connectivity index is 2.29. The highest BCUT2D eigenvalue weighted by Crippen LogP contribution is 2.34.